The molecule has 0 aromatic heterocycles. The monoisotopic (exact) mass is 279 g/mol. The predicted octanol–water partition coefficient (Wildman–Crippen LogP) is 2.40. The van der Waals surface area contributed by atoms with E-state index >= 15 is 0 Å². The summed E-state index contributed by atoms with van der Waals surface area (Å²) in [6.45, 7) is 3.65. The third kappa shape index (κ3) is 31.4. The van der Waals surface area contributed by atoms with Crippen LogP contribution in [0.1, 0.15) is 13.8 Å². The minimum atomic E-state index is -0.914. The Kier molecular flexibility index (Phi) is 20.6. The second-order valence-electron chi connectivity index (χ2n) is 2.45. The van der Waals surface area contributed by atoms with E-state index in [0.717, 1.165) is 12.2 Å². The Bertz CT molecular complexity index is 282. The molecule has 0 fully saturated rings. The molecule has 0 spiro atoms. The molecule has 1 radical (unpaired) electrons. The summed E-state index contributed by atoms with van der Waals surface area (Å²) in [5.74, 6) is -1.83. The maximum atomic E-state index is 9.75. The quantitative estimate of drug-likeness (QED) is 0.471. The van der Waals surface area contributed by atoms with E-state index in [4.69, 9.17) is 10.2 Å². The van der Waals surface area contributed by atoms with Gasteiger partial charge in [0.15, 0.2) is 0 Å². The first-order chi connectivity index (χ1) is 7.54. The average molecular weight is 279 g/mol. The first-order valence-electron chi connectivity index (χ1n) is 4.59. The summed E-state index contributed by atoms with van der Waals surface area (Å²) in [6.07, 6.45) is 12.0. The van der Waals surface area contributed by atoms with Crippen LogP contribution in [0.2, 0.25) is 0 Å². The van der Waals surface area contributed by atoms with Crippen molar-refractivity contribution in [3.05, 3.63) is 48.6 Å². The largest absolute Gasteiger partial charge is 0.478 e. The van der Waals surface area contributed by atoms with Crippen LogP contribution >= 0.6 is 0 Å². The van der Waals surface area contributed by atoms with Gasteiger partial charge in [-0.1, -0.05) is 36.5 Å². The molecule has 95 valence electrons. The maximum absolute atomic E-state index is 9.75. The molecule has 0 rings (SSSR count). The van der Waals surface area contributed by atoms with Crippen molar-refractivity contribution in [1.82, 2.24) is 0 Å². The third-order valence-corrected chi connectivity index (χ3v) is 1.08. The van der Waals surface area contributed by atoms with Gasteiger partial charge in [-0.25, -0.2) is 9.59 Å². The predicted molar refractivity (Wildman–Crippen MR) is 63.2 cm³/mol. The molecule has 5 heteroatoms. The van der Waals surface area contributed by atoms with Crippen molar-refractivity contribution in [3.8, 4) is 0 Å². The topological polar surface area (TPSA) is 74.6 Å². The third-order valence-electron chi connectivity index (χ3n) is 1.08. The molecule has 0 aromatic rings. The SMILES string of the molecule is C/C=C/C=C/C(=O)O.C/C=C/C=C/C(=O)O.[Mn]. The van der Waals surface area contributed by atoms with E-state index in [1.54, 1.807) is 24.3 Å². The molecule has 0 atom stereocenters. The summed E-state index contributed by atoms with van der Waals surface area (Å²) >= 11 is 0. The normalized spacial score (nSPS) is 10.5. The fourth-order valence-electron chi connectivity index (χ4n) is 0.498. The first kappa shape index (κ1) is 20.8. The van der Waals surface area contributed by atoms with Gasteiger partial charge in [0.2, 0.25) is 0 Å². The van der Waals surface area contributed by atoms with Crippen molar-refractivity contribution in [2.45, 2.75) is 13.8 Å². The molecule has 0 aliphatic rings. The minimum Gasteiger partial charge on any atom is -0.478 e. The zero-order valence-corrected chi connectivity index (χ0v) is 10.9. The number of carbonyl (C=O) groups is 2. The molecule has 0 aliphatic heterocycles. The van der Waals surface area contributed by atoms with Gasteiger partial charge in [0.25, 0.3) is 0 Å². The number of carboxylic acid groups (broad SMARTS) is 2. The minimum absolute atomic E-state index is 0. The maximum Gasteiger partial charge on any atom is 0.328 e. The molecular weight excluding hydrogens is 263 g/mol. The number of hydrogen-bond donors (Lipinski definition) is 2. The Balaban J connectivity index is -0.000000218. The van der Waals surface area contributed by atoms with Gasteiger partial charge in [-0.3, -0.25) is 0 Å². The van der Waals surface area contributed by atoms with Crippen molar-refractivity contribution in [1.29, 1.82) is 0 Å². The molecule has 0 saturated heterocycles. The Morgan fingerprint density at radius 2 is 1.06 bits per heavy atom. The Labute approximate surface area is 112 Å². The fraction of sp³-hybridized carbons (Fsp3) is 0.167. The van der Waals surface area contributed by atoms with E-state index in [1.807, 2.05) is 13.8 Å². The van der Waals surface area contributed by atoms with E-state index in [-0.39, 0.29) is 17.1 Å². The first-order valence-corrected chi connectivity index (χ1v) is 4.59. The van der Waals surface area contributed by atoms with Crippen LogP contribution in [0.25, 0.3) is 0 Å². The van der Waals surface area contributed by atoms with Gasteiger partial charge in [-0.05, 0) is 13.8 Å². The van der Waals surface area contributed by atoms with Gasteiger partial charge in [0.05, 0.1) is 0 Å². The van der Waals surface area contributed by atoms with Gasteiger partial charge in [0.1, 0.15) is 0 Å². The molecule has 4 nitrogen and oxygen atoms in total. The molecule has 0 aromatic carbocycles. The van der Waals surface area contributed by atoms with Crippen LogP contribution in [-0.4, -0.2) is 22.2 Å². The van der Waals surface area contributed by atoms with Crippen LogP contribution in [0.15, 0.2) is 48.6 Å². The smallest absolute Gasteiger partial charge is 0.328 e. The van der Waals surface area contributed by atoms with E-state index < -0.39 is 11.9 Å². The summed E-state index contributed by atoms with van der Waals surface area (Å²) in [4.78, 5) is 19.5. The van der Waals surface area contributed by atoms with Crippen LogP contribution in [0.3, 0.4) is 0 Å². The molecular formula is C12H16MnO4. The van der Waals surface area contributed by atoms with E-state index in [1.165, 1.54) is 12.2 Å². The van der Waals surface area contributed by atoms with Crippen LogP contribution in [0.4, 0.5) is 0 Å². The molecule has 17 heavy (non-hydrogen) atoms. The molecule has 0 amide bonds. The van der Waals surface area contributed by atoms with E-state index in [9.17, 15) is 9.59 Å². The van der Waals surface area contributed by atoms with Crippen molar-refractivity contribution in [2.75, 3.05) is 0 Å². The average Bonchev–Trinajstić information content (AvgIpc) is 2.18. The second kappa shape index (κ2) is 16.8. The Morgan fingerprint density at radius 3 is 1.24 bits per heavy atom. The molecule has 0 saturated carbocycles. The van der Waals surface area contributed by atoms with Crippen LogP contribution in [-0.2, 0) is 26.7 Å². The van der Waals surface area contributed by atoms with Gasteiger partial charge in [0, 0.05) is 29.2 Å². The molecule has 0 heterocycles. The fourth-order valence-corrected chi connectivity index (χ4v) is 0.498. The number of rotatable bonds is 4. The van der Waals surface area contributed by atoms with Crippen molar-refractivity contribution in [2.24, 2.45) is 0 Å². The van der Waals surface area contributed by atoms with Crippen molar-refractivity contribution < 1.29 is 36.9 Å². The summed E-state index contributed by atoms with van der Waals surface area (Å²) in [5.41, 5.74) is 0. The summed E-state index contributed by atoms with van der Waals surface area (Å²) in [5, 5.41) is 16.0. The van der Waals surface area contributed by atoms with Gasteiger partial charge in [-0.15, -0.1) is 0 Å². The Hall–Kier alpha value is -1.58. The molecule has 2 N–H and O–H groups in total. The number of allylic oxidation sites excluding steroid dienone is 6. The van der Waals surface area contributed by atoms with Crippen molar-refractivity contribution >= 4 is 11.9 Å². The molecule has 0 aliphatic carbocycles. The van der Waals surface area contributed by atoms with E-state index in [0.29, 0.717) is 0 Å². The second-order valence-corrected chi connectivity index (χ2v) is 2.45. The molecule has 0 bridgehead atoms. The van der Waals surface area contributed by atoms with Crippen LogP contribution in [0.5, 0.6) is 0 Å². The summed E-state index contributed by atoms with van der Waals surface area (Å²) < 4.78 is 0. The number of hydrogen-bond acceptors (Lipinski definition) is 2. The standard InChI is InChI=1S/2C6H8O2.Mn/c2*1-2-3-4-5-6(7)8;/h2*2-5H,1H3,(H,7,8);/b2*3-2+,5-4+;. The van der Waals surface area contributed by atoms with Crippen molar-refractivity contribution in [3.63, 3.8) is 0 Å². The molecule has 0 unspecified atom stereocenters. The van der Waals surface area contributed by atoms with Gasteiger partial charge < -0.3 is 10.2 Å². The number of aliphatic carboxylic acids is 2. The Morgan fingerprint density at radius 1 is 0.765 bits per heavy atom. The summed E-state index contributed by atoms with van der Waals surface area (Å²) in [7, 11) is 0. The van der Waals surface area contributed by atoms with Gasteiger partial charge >= 0.3 is 11.9 Å². The van der Waals surface area contributed by atoms with E-state index in [2.05, 4.69) is 0 Å². The zero-order chi connectivity index (χ0) is 12.8. The van der Waals surface area contributed by atoms with Crippen LogP contribution < -0.4 is 0 Å². The van der Waals surface area contributed by atoms with Gasteiger partial charge in [-0.2, -0.15) is 0 Å². The summed E-state index contributed by atoms with van der Waals surface area (Å²) in [6, 6.07) is 0. The number of carboxylic acids is 2. The zero-order valence-electron chi connectivity index (χ0n) is 9.71. The van der Waals surface area contributed by atoms with Crippen LogP contribution in [0, 0.1) is 0 Å².